The zero-order chi connectivity index (χ0) is 38.4. The van der Waals surface area contributed by atoms with Gasteiger partial charge in [0.2, 0.25) is 0 Å². The van der Waals surface area contributed by atoms with Crippen LogP contribution < -0.4 is 10.6 Å². The van der Waals surface area contributed by atoms with E-state index >= 15 is 0 Å². The minimum Gasteiger partial charge on any atom is -0.465 e. The molecule has 2 heterocycles. The summed E-state index contributed by atoms with van der Waals surface area (Å²) in [5.41, 5.74) is 6.94. The first-order valence-corrected chi connectivity index (χ1v) is 18.5. The van der Waals surface area contributed by atoms with Gasteiger partial charge < -0.3 is 29.3 Å². The summed E-state index contributed by atoms with van der Waals surface area (Å²) in [6, 6.07) is 52.1. The smallest absolute Gasteiger partial charge is 0.339 e. The highest BCUT2D eigenvalue weighted by molar-refractivity contribution is 6.18. The number of ether oxygens (including phenoxy) is 1. The van der Waals surface area contributed by atoms with Gasteiger partial charge in [-0.3, -0.25) is 0 Å². The van der Waals surface area contributed by atoms with E-state index < -0.39 is 5.60 Å². The molecule has 0 spiro atoms. The van der Waals surface area contributed by atoms with Crippen molar-refractivity contribution in [3.63, 3.8) is 0 Å². The molecule has 10 aromatic rings. The van der Waals surface area contributed by atoms with Crippen molar-refractivity contribution >= 4 is 94.1 Å². The van der Waals surface area contributed by atoms with E-state index in [-0.39, 0.29) is 5.97 Å². The summed E-state index contributed by atoms with van der Waals surface area (Å²) in [5, 5.41) is 26.1. The molecule has 274 valence electrons. The summed E-state index contributed by atoms with van der Waals surface area (Å²) < 4.78 is 17.6. The van der Waals surface area contributed by atoms with Gasteiger partial charge in [-0.2, -0.15) is 0 Å². The van der Waals surface area contributed by atoms with E-state index in [1.807, 2.05) is 97.1 Å². The van der Waals surface area contributed by atoms with Crippen molar-refractivity contribution in [2.45, 2.75) is 19.4 Å². The Bertz CT molecular complexity index is 3100. The SMILES string of the molecule is CC(C)(O)c1ccccc1Nc1cccc2c1oc1c3ccccc3ccc21.COC(=O)c1ccccc1Nc1cccc2c1oc1c3ccccc3ccc21. The number of benzene rings is 8. The lowest BCUT2D eigenvalue weighted by atomic mass is 9.96. The molecule has 0 atom stereocenters. The monoisotopic (exact) mass is 734 g/mol. The molecule has 7 nitrogen and oxygen atoms in total. The molecule has 0 unspecified atom stereocenters. The van der Waals surface area contributed by atoms with Gasteiger partial charge in [0, 0.05) is 43.6 Å². The standard InChI is InChI=1S/C25H21NO2.C24H17NO3/c1-25(2,27)20-11-5-6-12-21(20)26-22-13-7-10-18-19-15-14-16-8-3-4-9-17(16)23(19)28-24(18)22;1-27-24(26)19-9-4-5-11-20(19)25-21-12-6-10-17-18-14-13-15-7-2-3-8-16(15)22(18)28-23(17)21/h3-15,26-27H,1-2H3;2-14,25H,1H3. The first kappa shape index (κ1) is 34.7. The minimum atomic E-state index is -0.943. The Labute approximate surface area is 322 Å². The van der Waals surface area contributed by atoms with Crippen LogP contribution in [0.1, 0.15) is 29.8 Å². The molecule has 2 aromatic heterocycles. The largest absolute Gasteiger partial charge is 0.465 e. The van der Waals surface area contributed by atoms with E-state index in [0.717, 1.165) is 88.0 Å². The maximum Gasteiger partial charge on any atom is 0.339 e. The number of furan rings is 2. The third-order valence-corrected chi connectivity index (χ3v) is 10.2. The number of carbonyl (C=O) groups is 1. The number of rotatable bonds is 6. The second-order valence-electron chi connectivity index (χ2n) is 14.3. The third-order valence-electron chi connectivity index (χ3n) is 10.2. The minimum absolute atomic E-state index is 0.383. The van der Waals surface area contributed by atoms with Crippen LogP contribution in [0.25, 0.3) is 65.4 Å². The number of hydrogen-bond donors (Lipinski definition) is 3. The predicted molar refractivity (Wildman–Crippen MR) is 228 cm³/mol. The zero-order valence-corrected chi connectivity index (χ0v) is 31.1. The molecule has 10 rings (SSSR count). The average molecular weight is 735 g/mol. The summed E-state index contributed by atoms with van der Waals surface area (Å²) in [6.07, 6.45) is 0. The van der Waals surface area contributed by atoms with Crippen molar-refractivity contribution in [2.75, 3.05) is 17.7 Å². The molecule has 56 heavy (non-hydrogen) atoms. The maximum atomic E-state index is 12.1. The first-order valence-electron chi connectivity index (χ1n) is 18.5. The molecule has 0 aliphatic rings. The van der Waals surface area contributed by atoms with E-state index in [4.69, 9.17) is 13.6 Å². The number of aliphatic hydroxyl groups is 1. The topological polar surface area (TPSA) is 96.9 Å². The molecule has 0 aliphatic heterocycles. The van der Waals surface area contributed by atoms with Crippen molar-refractivity contribution in [1.82, 2.24) is 0 Å². The molecular weight excluding hydrogens is 697 g/mol. The predicted octanol–water partition coefficient (Wildman–Crippen LogP) is 13.0. The van der Waals surface area contributed by atoms with Crippen molar-refractivity contribution in [2.24, 2.45) is 0 Å². The van der Waals surface area contributed by atoms with Crippen molar-refractivity contribution < 1.29 is 23.5 Å². The number of hydrogen-bond acceptors (Lipinski definition) is 7. The first-order chi connectivity index (χ1) is 27.3. The Balaban J connectivity index is 0.000000146. The molecule has 0 aliphatic carbocycles. The van der Waals surface area contributed by atoms with Crippen LogP contribution in [0, 0.1) is 0 Å². The Hall–Kier alpha value is -7.09. The maximum absolute atomic E-state index is 12.1. The van der Waals surface area contributed by atoms with Gasteiger partial charge in [-0.25, -0.2) is 4.79 Å². The van der Waals surface area contributed by atoms with Gasteiger partial charge in [0.25, 0.3) is 0 Å². The third kappa shape index (κ3) is 6.14. The highest BCUT2D eigenvalue weighted by Gasteiger charge is 2.21. The Morgan fingerprint density at radius 3 is 1.46 bits per heavy atom. The fourth-order valence-corrected chi connectivity index (χ4v) is 7.55. The number of nitrogens with one attached hydrogen (secondary N) is 2. The lowest BCUT2D eigenvalue weighted by molar-refractivity contribution is 0.0601. The molecule has 3 N–H and O–H groups in total. The average Bonchev–Trinajstić information content (AvgIpc) is 3.81. The number of anilines is 4. The van der Waals surface area contributed by atoms with Crippen LogP contribution >= 0.6 is 0 Å². The molecule has 0 radical (unpaired) electrons. The quantitative estimate of drug-likeness (QED) is 0.146. The van der Waals surface area contributed by atoms with E-state index in [2.05, 4.69) is 65.2 Å². The summed E-state index contributed by atoms with van der Waals surface area (Å²) in [7, 11) is 1.38. The van der Waals surface area contributed by atoms with Crippen molar-refractivity contribution in [3.05, 3.63) is 169 Å². The molecule has 8 aromatic carbocycles. The van der Waals surface area contributed by atoms with Gasteiger partial charge in [-0.05, 0) is 67.1 Å². The molecule has 0 amide bonds. The Morgan fingerprint density at radius 1 is 0.482 bits per heavy atom. The van der Waals surface area contributed by atoms with Crippen LogP contribution in [0.4, 0.5) is 22.7 Å². The van der Waals surface area contributed by atoms with Crippen LogP contribution in [0.15, 0.2) is 167 Å². The molecule has 0 bridgehead atoms. The van der Waals surface area contributed by atoms with Gasteiger partial charge in [-0.15, -0.1) is 0 Å². The number of esters is 1. The second-order valence-corrected chi connectivity index (χ2v) is 14.3. The lowest BCUT2D eigenvalue weighted by Crippen LogP contribution is -2.17. The summed E-state index contributed by atoms with van der Waals surface area (Å²) in [6.45, 7) is 3.59. The highest BCUT2D eigenvalue weighted by Crippen LogP contribution is 2.40. The van der Waals surface area contributed by atoms with Crippen LogP contribution in [0.5, 0.6) is 0 Å². The Kier molecular flexibility index (Phi) is 8.64. The van der Waals surface area contributed by atoms with E-state index in [1.54, 1.807) is 19.9 Å². The van der Waals surface area contributed by atoms with Gasteiger partial charge in [0.15, 0.2) is 11.2 Å². The van der Waals surface area contributed by atoms with Gasteiger partial charge in [0.1, 0.15) is 11.2 Å². The fraction of sp³-hybridized carbons (Fsp3) is 0.0816. The van der Waals surface area contributed by atoms with E-state index in [0.29, 0.717) is 11.3 Å². The number of para-hydroxylation sites is 4. The molecular formula is C49H38N2O5. The summed E-state index contributed by atoms with van der Waals surface area (Å²) >= 11 is 0. The highest BCUT2D eigenvalue weighted by atomic mass is 16.5. The van der Waals surface area contributed by atoms with Gasteiger partial charge in [0.05, 0.1) is 35.3 Å². The lowest BCUT2D eigenvalue weighted by Gasteiger charge is -2.22. The normalized spacial score (nSPS) is 11.6. The van der Waals surface area contributed by atoms with Crippen LogP contribution in [0.3, 0.4) is 0 Å². The van der Waals surface area contributed by atoms with Gasteiger partial charge in [-0.1, -0.05) is 115 Å². The number of methoxy groups -OCH3 is 1. The number of fused-ring (bicyclic) bond motifs is 10. The van der Waals surface area contributed by atoms with Crippen LogP contribution in [-0.2, 0) is 10.3 Å². The second kappa shape index (κ2) is 14.0. The Morgan fingerprint density at radius 2 is 0.911 bits per heavy atom. The fourth-order valence-electron chi connectivity index (χ4n) is 7.55. The van der Waals surface area contributed by atoms with Gasteiger partial charge >= 0.3 is 5.97 Å². The van der Waals surface area contributed by atoms with E-state index in [9.17, 15) is 9.90 Å². The van der Waals surface area contributed by atoms with E-state index in [1.165, 1.54) is 7.11 Å². The number of carbonyl (C=O) groups excluding carboxylic acids is 1. The van der Waals surface area contributed by atoms with Crippen LogP contribution in [-0.4, -0.2) is 18.2 Å². The molecule has 0 saturated heterocycles. The van der Waals surface area contributed by atoms with Crippen LogP contribution in [0.2, 0.25) is 0 Å². The summed E-state index contributed by atoms with van der Waals surface area (Å²) in [4.78, 5) is 12.1. The molecule has 0 saturated carbocycles. The molecule has 0 fully saturated rings. The van der Waals surface area contributed by atoms with Crippen molar-refractivity contribution in [1.29, 1.82) is 0 Å². The zero-order valence-electron chi connectivity index (χ0n) is 31.1. The van der Waals surface area contributed by atoms with Crippen molar-refractivity contribution in [3.8, 4) is 0 Å². The summed E-state index contributed by atoms with van der Waals surface area (Å²) in [5.74, 6) is -0.383. The molecule has 7 heteroatoms.